The van der Waals surface area contributed by atoms with E-state index in [2.05, 4.69) is 15.5 Å². The molecule has 0 saturated carbocycles. The smallest absolute Gasteiger partial charge is 0.244 e. The highest BCUT2D eigenvalue weighted by molar-refractivity contribution is 5.63. The summed E-state index contributed by atoms with van der Waals surface area (Å²) in [5.74, 6) is 2.07. The molecule has 1 atom stereocenters. The average Bonchev–Trinajstić information content (AvgIpc) is 2.84. The van der Waals surface area contributed by atoms with Gasteiger partial charge in [-0.15, -0.1) is 0 Å². The Morgan fingerprint density at radius 1 is 1.29 bits per heavy atom. The van der Waals surface area contributed by atoms with Gasteiger partial charge in [-0.25, -0.2) is 0 Å². The Morgan fingerprint density at radius 2 is 2.19 bits per heavy atom. The van der Waals surface area contributed by atoms with Crippen molar-refractivity contribution in [1.29, 1.82) is 0 Å². The molecule has 1 aromatic carbocycles. The molecule has 0 spiro atoms. The van der Waals surface area contributed by atoms with Crippen molar-refractivity contribution in [3.63, 3.8) is 0 Å². The number of rotatable bonds is 4. The Hall–Kier alpha value is -1.88. The van der Waals surface area contributed by atoms with Crippen LogP contribution in [0.2, 0.25) is 0 Å². The highest BCUT2D eigenvalue weighted by Crippen LogP contribution is 2.29. The molecule has 1 aliphatic rings. The predicted octanol–water partition coefficient (Wildman–Crippen LogP) is 3.34. The number of aromatic nitrogens is 2. The highest BCUT2D eigenvalue weighted by Gasteiger charge is 2.21. The van der Waals surface area contributed by atoms with Gasteiger partial charge in [0.05, 0.1) is 18.2 Å². The molecule has 0 aliphatic carbocycles. The maximum atomic E-state index is 5.63. The second-order valence-corrected chi connectivity index (χ2v) is 5.24. The van der Waals surface area contributed by atoms with Gasteiger partial charge in [-0.2, -0.15) is 4.98 Å². The summed E-state index contributed by atoms with van der Waals surface area (Å²) in [5, 5.41) is 7.60. The Balaban J connectivity index is 1.84. The first-order valence-electron chi connectivity index (χ1n) is 7.67. The van der Waals surface area contributed by atoms with Crippen LogP contribution in [0.3, 0.4) is 0 Å². The van der Waals surface area contributed by atoms with Gasteiger partial charge in [0.2, 0.25) is 11.7 Å². The van der Waals surface area contributed by atoms with E-state index < -0.39 is 0 Å². The fraction of sp³-hybridized carbons (Fsp3) is 0.500. The number of nitrogens with one attached hydrogen (secondary N) is 1. The summed E-state index contributed by atoms with van der Waals surface area (Å²) in [6.45, 7) is 3.59. The molecule has 112 valence electrons. The highest BCUT2D eigenvalue weighted by atomic mass is 16.5. The lowest BCUT2D eigenvalue weighted by Gasteiger charge is -2.09. The molecule has 2 aromatic rings. The zero-order valence-corrected chi connectivity index (χ0v) is 12.3. The van der Waals surface area contributed by atoms with Gasteiger partial charge in [0.15, 0.2) is 0 Å². The fourth-order valence-electron chi connectivity index (χ4n) is 2.66. The summed E-state index contributed by atoms with van der Waals surface area (Å²) in [6.07, 6.45) is 4.72. The topological polar surface area (TPSA) is 60.2 Å². The van der Waals surface area contributed by atoms with E-state index in [1.54, 1.807) is 0 Å². The summed E-state index contributed by atoms with van der Waals surface area (Å²) >= 11 is 0. The summed E-state index contributed by atoms with van der Waals surface area (Å²) in [6, 6.07) is 7.96. The molecule has 1 unspecified atom stereocenters. The number of nitrogens with zero attached hydrogens (tertiary/aromatic N) is 2. The van der Waals surface area contributed by atoms with Crippen molar-refractivity contribution in [2.24, 2.45) is 0 Å². The molecule has 0 amide bonds. The van der Waals surface area contributed by atoms with Crippen LogP contribution in [0.25, 0.3) is 11.4 Å². The van der Waals surface area contributed by atoms with Crippen LogP contribution in [0.1, 0.15) is 44.5 Å². The van der Waals surface area contributed by atoms with Gasteiger partial charge in [0.25, 0.3) is 0 Å². The first kappa shape index (κ1) is 14.1. The Kier molecular flexibility index (Phi) is 4.50. The largest absolute Gasteiger partial charge is 0.493 e. The first-order chi connectivity index (χ1) is 10.4. The SMILES string of the molecule is CCOc1ccccc1-c1noc(C2CCCCCN2)n1. The molecule has 0 radical (unpaired) electrons. The van der Waals surface area contributed by atoms with Crippen LogP contribution in [0.15, 0.2) is 28.8 Å². The Bertz CT molecular complexity index is 574. The van der Waals surface area contributed by atoms with Gasteiger partial charge >= 0.3 is 0 Å². The molecule has 0 bridgehead atoms. The van der Waals surface area contributed by atoms with E-state index in [1.165, 1.54) is 19.3 Å². The predicted molar refractivity (Wildman–Crippen MR) is 80.1 cm³/mol. The number of ether oxygens (including phenoxy) is 1. The van der Waals surface area contributed by atoms with Crippen LogP contribution < -0.4 is 10.1 Å². The first-order valence-corrected chi connectivity index (χ1v) is 7.67. The van der Waals surface area contributed by atoms with Crippen molar-refractivity contribution in [3.05, 3.63) is 30.2 Å². The number of hydrogen-bond acceptors (Lipinski definition) is 5. The molecule has 5 nitrogen and oxygen atoms in total. The minimum atomic E-state index is 0.174. The second-order valence-electron chi connectivity index (χ2n) is 5.24. The molecule has 1 fully saturated rings. The zero-order chi connectivity index (χ0) is 14.5. The van der Waals surface area contributed by atoms with Crippen molar-refractivity contribution in [2.75, 3.05) is 13.2 Å². The lowest BCUT2D eigenvalue weighted by atomic mass is 10.1. The Labute approximate surface area is 124 Å². The molecular weight excluding hydrogens is 266 g/mol. The van der Waals surface area contributed by atoms with Gasteiger partial charge in [0, 0.05) is 0 Å². The van der Waals surface area contributed by atoms with E-state index in [0.29, 0.717) is 18.3 Å². The zero-order valence-electron chi connectivity index (χ0n) is 12.3. The van der Waals surface area contributed by atoms with Gasteiger partial charge in [-0.3, -0.25) is 0 Å². The van der Waals surface area contributed by atoms with Gasteiger partial charge in [0.1, 0.15) is 5.75 Å². The molecule has 1 aromatic heterocycles. The number of hydrogen-bond donors (Lipinski definition) is 1. The van der Waals surface area contributed by atoms with E-state index in [1.807, 2.05) is 31.2 Å². The van der Waals surface area contributed by atoms with Crippen LogP contribution in [0.5, 0.6) is 5.75 Å². The maximum absolute atomic E-state index is 5.63. The molecule has 21 heavy (non-hydrogen) atoms. The summed E-state index contributed by atoms with van der Waals surface area (Å²) < 4.78 is 11.1. The van der Waals surface area contributed by atoms with Gasteiger partial charge in [-0.1, -0.05) is 30.1 Å². The normalized spacial score (nSPS) is 19.2. The van der Waals surface area contributed by atoms with Crippen molar-refractivity contribution in [2.45, 2.75) is 38.6 Å². The monoisotopic (exact) mass is 287 g/mol. The maximum Gasteiger partial charge on any atom is 0.244 e. The van der Waals surface area contributed by atoms with Crippen molar-refractivity contribution in [3.8, 4) is 17.1 Å². The minimum Gasteiger partial charge on any atom is -0.493 e. The third-order valence-electron chi connectivity index (χ3n) is 3.73. The van der Waals surface area contributed by atoms with Crippen LogP contribution in [-0.4, -0.2) is 23.3 Å². The van der Waals surface area contributed by atoms with Crippen LogP contribution >= 0.6 is 0 Å². The summed E-state index contributed by atoms with van der Waals surface area (Å²) in [7, 11) is 0. The quantitative estimate of drug-likeness (QED) is 0.934. The number of benzene rings is 1. The standard InChI is InChI=1S/C16H21N3O2/c1-2-20-14-10-6-5-8-12(14)15-18-16(21-19-15)13-9-4-3-7-11-17-13/h5-6,8,10,13,17H,2-4,7,9,11H2,1H3. The van der Waals surface area contributed by atoms with Crippen LogP contribution in [0, 0.1) is 0 Å². The molecule has 1 N–H and O–H groups in total. The number of para-hydroxylation sites is 1. The van der Waals surface area contributed by atoms with E-state index in [0.717, 1.165) is 24.3 Å². The van der Waals surface area contributed by atoms with E-state index >= 15 is 0 Å². The molecule has 1 aliphatic heterocycles. The van der Waals surface area contributed by atoms with Crippen molar-refractivity contribution >= 4 is 0 Å². The van der Waals surface area contributed by atoms with Gasteiger partial charge in [-0.05, 0) is 38.4 Å². The minimum absolute atomic E-state index is 0.174. The van der Waals surface area contributed by atoms with E-state index in [9.17, 15) is 0 Å². The molecule has 3 rings (SSSR count). The molecule has 1 saturated heterocycles. The van der Waals surface area contributed by atoms with Crippen LogP contribution in [-0.2, 0) is 0 Å². The van der Waals surface area contributed by atoms with Crippen molar-refractivity contribution in [1.82, 2.24) is 15.5 Å². The van der Waals surface area contributed by atoms with E-state index in [-0.39, 0.29) is 6.04 Å². The average molecular weight is 287 g/mol. The third kappa shape index (κ3) is 3.24. The third-order valence-corrected chi connectivity index (χ3v) is 3.73. The fourth-order valence-corrected chi connectivity index (χ4v) is 2.66. The summed E-state index contributed by atoms with van der Waals surface area (Å²) in [4.78, 5) is 4.57. The molecular formula is C16H21N3O2. The second kappa shape index (κ2) is 6.72. The van der Waals surface area contributed by atoms with E-state index in [4.69, 9.17) is 9.26 Å². The summed E-state index contributed by atoms with van der Waals surface area (Å²) in [5.41, 5.74) is 0.878. The van der Waals surface area contributed by atoms with Crippen LogP contribution in [0.4, 0.5) is 0 Å². The van der Waals surface area contributed by atoms with Gasteiger partial charge < -0.3 is 14.6 Å². The lowest BCUT2D eigenvalue weighted by molar-refractivity contribution is 0.326. The molecule has 2 heterocycles. The lowest BCUT2D eigenvalue weighted by Crippen LogP contribution is -2.20. The molecule has 5 heteroatoms. The van der Waals surface area contributed by atoms with Crippen molar-refractivity contribution < 1.29 is 9.26 Å². The Morgan fingerprint density at radius 3 is 3.10 bits per heavy atom.